The van der Waals surface area contributed by atoms with Crippen molar-refractivity contribution in [3.05, 3.63) is 22.4 Å². The van der Waals surface area contributed by atoms with Gasteiger partial charge in [-0.05, 0) is 41.3 Å². The molecule has 0 unspecified atom stereocenters. The van der Waals surface area contributed by atoms with Crippen molar-refractivity contribution in [3.8, 4) is 0 Å². The molecule has 0 spiro atoms. The number of carbonyl (C=O) groups is 1. The van der Waals surface area contributed by atoms with Gasteiger partial charge in [0.2, 0.25) is 0 Å². The Kier molecular flexibility index (Phi) is 3.89. The van der Waals surface area contributed by atoms with Crippen molar-refractivity contribution in [2.45, 2.75) is 25.3 Å². The minimum absolute atomic E-state index is 0.0111. The van der Waals surface area contributed by atoms with Crippen molar-refractivity contribution in [2.24, 2.45) is 7.05 Å². The second-order valence-electron chi connectivity index (χ2n) is 4.46. The van der Waals surface area contributed by atoms with Crippen LogP contribution in [0.4, 0.5) is 0 Å². The molecule has 17 heavy (non-hydrogen) atoms. The predicted octanol–water partition coefficient (Wildman–Crippen LogP) is 1.77. The zero-order chi connectivity index (χ0) is 12.4. The van der Waals surface area contributed by atoms with Gasteiger partial charge in [0.15, 0.2) is 0 Å². The van der Waals surface area contributed by atoms with Crippen LogP contribution in [0.15, 0.2) is 16.7 Å². The van der Waals surface area contributed by atoms with Gasteiger partial charge in [0.25, 0.3) is 5.91 Å². The summed E-state index contributed by atoms with van der Waals surface area (Å²) < 4.78 is 2.72. The Labute approximate surface area is 109 Å². The van der Waals surface area contributed by atoms with Crippen LogP contribution >= 0.6 is 15.9 Å². The molecule has 1 heterocycles. The van der Waals surface area contributed by atoms with Crippen molar-refractivity contribution < 1.29 is 9.90 Å². The number of aromatic nitrogens is 1. The van der Waals surface area contributed by atoms with E-state index in [9.17, 15) is 4.79 Å². The van der Waals surface area contributed by atoms with Crippen molar-refractivity contribution >= 4 is 21.8 Å². The first-order valence-corrected chi connectivity index (χ1v) is 6.66. The summed E-state index contributed by atoms with van der Waals surface area (Å²) in [5, 5.41) is 9.07. The molecule has 0 radical (unpaired) electrons. The molecule has 0 atom stereocenters. The average Bonchev–Trinajstić information content (AvgIpc) is 2.53. The van der Waals surface area contributed by atoms with Gasteiger partial charge in [-0.3, -0.25) is 4.79 Å². The van der Waals surface area contributed by atoms with Gasteiger partial charge in [-0.1, -0.05) is 0 Å². The lowest BCUT2D eigenvalue weighted by molar-refractivity contribution is 0.0516. The van der Waals surface area contributed by atoms with Gasteiger partial charge in [-0.2, -0.15) is 0 Å². The summed E-state index contributed by atoms with van der Waals surface area (Å²) in [6.45, 7) is 0.445. The predicted molar refractivity (Wildman–Crippen MR) is 68.9 cm³/mol. The average molecular weight is 301 g/mol. The summed E-state index contributed by atoms with van der Waals surface area (Å²) in [7, 11) is 1.86. The highest BCUT2D eigenvalue weighted by atomic mass is 79.9. The number of hydrogen-bond donors (Lipinski definition) is 1. The highest BCUT2D eigenvalue weighted by Gasteiger charge is 2.30. The van der Waals surface area contributed by atoms with Crippen LogP contribution in [0, 0.1) is 0 Å². The summed E-state index contributed by atoms with van der Waals surface area (Å²) in [6.07, 6.45) is 5.15. The highest BCUT2D eigenvalue weighted by molar-refractivity contribution is 9.10. The molecule has 1 saturated carbocycles. The maximum atomic E-state index is 12.4. The van der Waals surface area contributed by atoms with Crippen molar-refractivity contribution in [3.63, 3.8) is 0 Å². The molecule has 2 rings (SSSR count). The summed E-state index contributed by atoms with van der Waals surface area (Å²) in [5.74, 6) is 0.0111. The smallest absolute Gasteiger partial charge is 0.270 e. The van der Waals surface area contributed by atoms with E-state index in [1.165, 1.54) is 6.42 Å². The molecular weight excluding hydrogens is 284 g/mol. The minimum Gasteiger partial charge on any atom is -0.395 e. The zero-order valence-corrected chi connectivity index (χ0v) is 11.5. The SMILES string of the molecule is Cn1cc(Br)cc1C(=O)N(CCO)C1CCC1. The second-order valence-corrected chi connectivity index (χ2v) is 5.38. The van der Waals surface area contributed by atoms with Crippen molar-refractivity contribution in [1.82, 2.24) is 9.47 Å². The minimum atomic E-state index is 0.0111. The van der Waals surface area contributed by atoms with Crippen LogP contribution in [-0.4, -0.2) is 39.7 Å². The summed E-state index contributed by atoms with van der Waals surface area (Å²) in [4.78, 5) is 14.2. The van der Waals surface area contributed by atoms with Gasteiger partial charge in [-0.15, -0.1) is 0 Å². The fourth-order valence-electron chi connectivity index (χ4n) is 2.14. The molecule has 1 N–H and O–H groups in total. The second kappa shape index (κ2) is 5.23. The summed E-state index contributed by atoms with van der Waals surface area (Å²) in [5.41, 5.74) is 0.664. The van der Waals surface area contributed by atoms with E-state index in [-0.39, 0.29) is 12.5 Å². The monoisotopic (exact) mass is 300 g/mol. The third-order valence-electron chi connectivity index (χ3n) is 3.31. The van der Waals surface area contributed by atoms with E-state index in [0.29, 0.717) is 18.3 Å². The number of halogens is 1. The molecule has 0 aromatic carbocycles. The third kappa shape index (κ3) is 2.55. The van der Waals surface area contributed by atoms with Crippen molar-refractivity contribution in [2.75, 3.05) is 13.2 Å². The van der Waals surface area contributed by atoms with Crippen LogP contribution in [-0.2, 0) is 7.05 Å². The van der Waals surface area contributed by atoms with Gasteiger partial charge in [0.05, 0.1) is 6.61 Å². The van der Waals surface area contributed by atoms with Gasteiger partial charge in [0, 0.05) is 30.3 Å². The Balaban J connectivity index is 2.17. The Morgan fingerprint density at radius 1 is 1.65 bits per heavy atom. The molecule has 1 aromatic heterocycles. The maximum Gasteiger partial charge on any atom is 0.270 e. The van der Waals surface area contributed by atoms with Crippen LogP contribution in [0.1, 0.15) is 29.8 Å². The van der Waals surface area contributed by atoms with Gasteiger partial charge in [0.1, 0.15) is 5.69 Å². The maximum absolute atomic E-state index is 12.4. The molecule has 5 heteroatoms. The summed E-state index contributed by atoms with van der Waals surface area (Å²) >= 11 is 3.37. The molecule has 1 aliphatic carbocycles. The largest absolute Gasteiger partial charge is 0.395 e. The number of aryl methyl sites for hydroxylation is 1. The molecule has 0 saturated heterocycles. The van der Waals surface area contributed by atoms with E-state index in [4.69, 9.17) is 5.11 Å². The van der Waals surface area contributed by atoms with E-state index >= 15 is 0 Å². The lowest BCUT2D eigenvalue weighted by Gasteiger charge is -2.37. The topological polar surface area (TPSA) is 45.5 Å². The molecule has 94 valence electrons. The van der Waals surface area contributed by atoms with E-state index in [0.717, 1.165) is 17.3 Å². The number of carbonyl (C=O) groups excluding carboxylic acids is 1. The van der Waals surface area contributed by atoms with Gasteiger partial charge < -0.3 is 14.6 Å². The fourth-order valence-corrected chi connectivity index (χ4v) is 2.66. The van der Waals surface area contributed by atoms with E-state index in [1.807, 2.05) is 23.9 Å². The summed E-state index contributed by atoms with van der Waals surface area (Å²) in [6, 6.07) is 2.13. The molecule has 4 nitrogen and oxygen atoms in total. The van der Waals surface area contributed by atoms with E-state index < -0.39 is 0 Å². The zero-order valence-electron chi connectivity index (χ0n) is 9.90. The number of hydrogen-bond acceptors (Lipinski definition) is 2. The number of nitrogens with zero attached hydrogens (tertiary/aromatic N) is 2. The Hall–Kier alpha value is -0.810. The number of amides is 1. The Morgan fingerprint density at radius 2 is 2.35 bits per heavy atom. The van der Waals surface area contributed by atoms with Gasteiger partial charge >= 0.3 is 0 Å². The van der Waals surface area contributed by atoms with Crippen LogP contribution < -0.4 is 0 Å². The Bertz CT molecular complexity index is 413. The van der Waals surface area contributed by atoms with Gasteiger partial charge in [-0.25, -0.2) is 0 Å². The number of rotatable bonds is 4. The number of aliphatic hydroxyl groups excluding tert-OH is 1. The quantitative estimate of drug-likeness (QED) is 0.921. The van der Waals surface area contributed by atoms with Crippen LogP contribution in [0.2, 0.25) is 0 Å². The lowest BCUT2D eigenvalue weighted by atomic mass is 9.91. The molecule has 1 amide bonds. The van der Waals surface area contributed by atoms with Crippen LogP contribution in [0.25, 0.3) is 0 Å². The molecular formula is C12H17BrN2O2. The Morgan fingerprint density at radius 3 is 2.76 bits per heavy atom. The third-order valence-corrected chi connectivity index (χ3v) is 3.74. The molecule has 0 bridgehead atoms. The fraction of sp³-hybridized carbons (Fsp3) is 0.583. The van der Waals surface area contributed by atoms with Crippen LogP contribution in [0.3, 0.4) is 0 Å². The molecule has 1 fully saturated rings. The highest BCUT2D eigenvalue weighted by Crippen LogP contribution is 2.26. The molecule has 1 aliphatic rings. The van der Waals surface area contributed by atoms with Crippen LogP contribution in [0.5, 0.6) is 0 Å². The van der Waals surface area contributed by atoms with Crippen molar-refractivity contribution in [1.29, 1.82) is 0 Å². The van der Waals surface area contributed by atoms with E-state index in [1.54, 1.807) is 4.90 Å². The first-order valence-electron chi connectivity index (χ1n) is 5.87. The molecule has 1 aromatic rings. The first kappa shape index (κ1) is 12.6. The molecule has 0 aliphatic heterocycles. The number of aliphatic hydroxyl groups is 1. The van der Waals surface area contributed by atoms with E-state index in [2.05, 4.69) is 15.9 Å². The normalized spacial score (nSPS) is 15.7. The lowest BCUT2D eigenvalue weighted by Crippen LogP contribution is -2.46. The standard InChI is InChI=1S/C12H17BrN2O2/c1-14-8-9(13)7-11(14)12(17)15(5-6-16)10-3-2-4-10/h7-8,10,16H,2-6H2,1H3. The first-order chi connectivity index (χ1) is 8.13.